The molecule has 0 aliphatic carbocycles. The van der Waals surface area contributed by atoms with E-state index >= 15 is 0 Å². The van der Waals surface area contributed by atoms with E-state index in [0.717, 1.165) is 19.3 Å². The van der Waals surface area contributed by atoms with E-state index in [4.69, 9.17) is 9.16 Å². The summed E-state index contributed by atoms with van der Waals surface area (Å²) in [6, 6.07) is 0. The van der Waals surface area contributed by atoms with Gasteiger partial charge in [-0.2, -0.15) is 0 Å². The van der Waals surface area contributed by atoms with Crippen LogP contribution in [0.25, 0.3) is 0 Å². The Balaban J connectivity index is 4.70. The first kappa shape index (κ1) is 20.4. The molecule has 0 aliphatic rings. The third-order valence-electron chi connectivity index (χ3n) is 4.27. The lowest BCUT2D eigenvalue weighted by atomic mass is 10.0. The molecule has 124 valence electrons. The summed E-state index contributed by atoms with van der Waals surface area (Å²) in [5.74, 6) is -0.306. The molecule has 0 rings (SSSR count). The lowest BCUT2D eigenvalue weighted by molar-refractivity contribution is -0.143. The Labute approximate surface area is 132 Å². The fourth-order valence-electron chi connectivity index (χ4n) is 1.84. The highest BCUT2D eigenvalue weighted by molar-refractivity contribution is 6.74. The summed E-state index contributed by atoms with van der Waals surface area (Å²) in [4.78, 5) is 11.8. The number of carbonyl (C=O) groups is 1. The Morgan fingerprint density at radius 2 is 1.81 bits per heavy atom. The van der Waals surface area contributed by atoms with E-state index in [1.54, 1.807) is 0 Å². The van der Waals surface area contributed by atoms with Crippen molar-refractivity contribution in [1.82, 2.24) is 0 Å². The molecule has 0 aromatic carbocycles. The van der Waals surface area contributed by atoms with Gasteiger partial charge in [-0.3, -0.25) is 4.79 Å². The van der Waals surface area contributed by atoms with Crippen LogP contribution in [0, 0.1) is 5.92 Å². The smallest absolute Gasteiger partial charge is 0.312 e. The molecule has 3 nitrogen and oxygen atoms in total. The number of methoxy groups -OCH3 is 1. The van der Waals surface area contributed by atoms with Gasteiger partial charge < -0.3 is 9.16 Å². The van der Waals surface area contributed by atoms with Gasteiger partial charge >= 0.3 is 5.97 Å². The van der Waals surface area contributed by atoms with Crippen molar-refractivity contribution in [2.24, 2.45) is 5.92 Å². The van der Waals surface area contributed by atoms with E-state index in [1.807, 2.05) is 19.1 Å². The molecule has 2 atom stereocenters. The third kappa shape index (κ3) is 7.27. The van der Waals surface area contributed by atoms with Crippen LogP contribution in [0.5, 0.6) is 0 Å². The van der Waals surface area contributed by atoms with E-state index in [1.165, 1.54) is 7.11 Å². The minimum absolute atomic E-state index is 0.0275. The highest BCUT2D eigenvalue weighted by atomic mass is 28.4. The van der Waals surface area contributed by atoms with Crippen molar-refractivity contribution in [3.05, 3.63) is 12.2 Å². The fourth-order valence-corrected chi connectivity index (χ4v) is 3.20. The Morgan fingerprint density at radius 3 is 2.24 bits per heavy atom. The van der Waals surface area contributed by atoms with Gasteiger partial charge in [-0.1, -0.05) is 52.7 Å². The number of hydrogen-bond acceptors (Lipinski definition) is 3. The van der Waals surface area contributed by atoms with E-state index in [0.29, 0.717) is 0 Å². The normalized spacial score (nSPS) is 16.0. The number of rotatable bonds is 8. The maximum absolute atomic E-state index is 11.8. The molecule has 0 N–H and O–H groups in total. The van der Waals surface area contributed by atoms with Crippen molar-refractivity contribution < 1.29 is 14.0 Å². The maximum Gasteiger partial charge on any atom is 0.312 e. The lowest BCUT2D eigenvalue weighted by Crippen LogP contribution is -2.42. The molecular weight excluding hydrogens is 280 g/mol. The topological polar surface area (TPSA) is 35.5 Å². The molecule has 0 heterocycles. The van der Waals surface area contributed by atoms with E-state index in [-0.39, 0.29) is 23.0 Å². The Kier molecular flexibility index (Phi) is 8.48. The molecule has 0 radical (unpaired) electrons. The number of unbranched alkanes of at least 4 members (excludes halogenated alkanes) is 1. The molecule has 0 aliphatic heterocycles. The minimum atomic E-state index is -1.77. The largest absolute Gasteiger partial charge is 0.469 e. The van der Waals surface area contributed by atoms with Gasteiger partial charge in [0.1, 0.15) is 0 Å². The number of ether oxygens (including phenoxy) is 1. The van der Waals surface area contributed by atoms with Gasteiger partial charge in [0.2, 0.25) is 0 Å². The second kappa shape index (κ2) is 8.74. The first-order valence-corrected chi connectivity index (χ1v) is 10.9. The van der Waals surface area contributed by atoms with Crippen molar-refractivity contribution in [2.45, 2.75) is 78.1 Å². The van der Waals surface area contributed by atoms with Crippen LogP contribution >= 0.6 is 0 Å². The molecular formula is C17H34O3Si. The molecule has 0 spiro atoms. The zero-order valence-corrected chi connectivity index (χ0v) is 16.2. The van der Waals surface area contributed by atoms with Gasteiger partial charge in [0.15, 0.2) is 8.32 Å². The molecule has 0 fully saturated rings. The lowest BCUT2D eigenvalue weighted by Gasteiger charge is -2.37. The van der Waals surface area contributed by atoms with E-state index in [2.05, 4.69) is 40.8 Å². The fraction of sp³-hybridized carbons (Fsp3) is 0.824. The van der Waals surface area contributed by atoms with Crippen molar-refractivity contribution in [3.63, 3.8) is 0 Å². The van der Waals surface area contributed by atoms with E-state index in [9.17, 15) is 4.79 Å². The van der Waals surface area contributed by atoms with Crippen LogP contribution in [0.15, 0.2) is 12.2 Å². The summed E-state index contributed by atoms with van der Waals surface area (Å²) in [5, 5.41) is 0.194. The molecule has 2 unspecified atom stereocenters. The predicted octanol–water partition coefficient (Wildman–Crippen LogP) is 4.93. The average Bonchev–Trinajstić information content (AvgIpc) is 2.36. The Hall–Kier alpha value is -0.613. The van der Waals surface area contributed by atoms with Gasteiger partial charge in [0.25, 0.3) is 0 Å². The number of hydrogen-bond donors (Lipinski definition) is 0. The monoisotopic (exact) mass is 314 g/mol. The first-order chi connectivity index (χ1) is 9.55. The van der Waals surface area contributed by atoms with Gasteiger partial charge in [-0.15, -0.1) is 0 Å². The SMILES string of the molecule is CCCCC(/C=C/C(C)O[Si](C)(C)C(C)(C)C)C(=O)OC. The summed E-state index contributed by atoms with van der Waals surface area (Å²) < 4.78 is 11.1. The quantitative estimate of drug-likeness (QED) is 0.362. The summed E-state index contributed by atoms with van der Waals surface area (Å²) in [5.41, 5.74) is 0. The van der Waals surface area contributed by atoms with Crippen LogP contribution in [0.1, 0.15) is 53.9 Å². The average molecular weight is 315 g/mol. The highest BCUT2D eigenvalue weighted by Crippen LogP contribution is 2.37. The Bertz CT molecular complexity index is 342. The highest BCUT2D eigenvalue weighted by Gasteiger charge is 2.38. The molecule has 0 bridgehead atoms. The van der Waals surface area contributed by atoms with Gasteiger partial charge in [-0.25, -0.2) is 0 Å². The number of carbonyl (C=O) groups excluding carboxylic acids is 1. The first-order valence-electron chi connectivity index (χ1n) is 7.99. The molecule has 0 saturated heterocycles. The standard InChI is InChI=1S/C17H34O3Si/c1-9-10-11-15(16(18)19-6)13-12-14(2)20-21(7,8)17(3,4)5/h12-15H,9-11H2,1-8H3/b13-12+. The zero-order valence-electron chi connectivity index (χ0n) is 15.2. The minimum Gasteiger partial charge on any atom is -0.469 e. The van der Waals surface area contributed by atoms with Crippen molar-refractivity contribution >= 4 is 14.3 Å². The maximum atomic E-state index is 11.8. The Morgan fingerprint density at radius 1 is 1.24 bits per heavy atom. The molecule has 4 heteroatoms. The second-order valence-corrected chi connectivity index (χ2v) is 12.0. The molecule has 0 aromatic heterocycles. The summed E-state index contributed by atoms with van der Waals surface area (Å²) in [6.45, 7) is 15.3. The molecule has 21 heavy (non-hydrogen) atoms. The van der Waals surface area contributed by atoms with Crippen LogP contribution in [-0.2, 0) is 14.0 Å². The third-order valence-corrected chi connectivity index (χ3v) is 8.85. The predicted molar refractivity (Wildman–Crippen MR) is 91.9 cm³/mol. The second-order valence-electron chi connectivity index (χ2n) is 7.24. The molecule has 0 amide bonds. The van der Waals surface area contributed by atoms with E-state index < -0.39 is 8.32 Å². The van der Waals surface area contributed by atoms with Crippen LogP contribution in [0.4, 0.5) is 0 Å². The van der Waals surface area contributed by atoms with Crippen molar-refractivity contribution in [3.8, 4) is 0 Å². The van der Waals surface area contributed by atoms with Gasteiger partial charge in [-0.05, 0) is 31.5 Å². The van der Waals surface area contributed by atoms with Crippen LogP contribution < -0.4 is 0 Å². The zero-order chi connectivity index (χ0) is 16.7. The summed E-state index contributed by atoms with van der Waals surface area (Å²) in [7, 11) is -0.319. The van der Waals surface area contributed by atoms with Crippen LogP contribution in [0.2, 0.25) is 18.1 Å². The van der Waals surface area contributed by atoms with Gasteiger partial charge in [0, 0.05) is 0 Å². The van der Waals surface area contributed by atoms with Crippen molar-refractivity contribution in [1.29, 1.82) is 0 Å². The summed E-state index contributed by atoms with van der Waals surface area (Å²) >= 11 is 0. The molecule has 0 aromatic rings. The molecule has 0 saturated carbocycles. The van der Waals surface area contributed by atoms with Crippen LogP contribution in [0.3, 0.4) is 0 Å². The number of esters is 1. The van der Waals surface area contributed by atoms with Crippen molar-refractivity contribution in [2.75, 3.05) is 7.11 Å². The van der Waals surface area contributed by atoms with Crippen LogP contribution in [-0.4, -0.2) is 27.5 Å². The van der Waals surface area contributed by atoms with Gasteiger partial charge in [0.05, 0.1) is 19.1 Å². The summed E-state index contributed by atoms with van der Waals surface area (Å²) in [6.07, 6.45) is 6.95.